The maximum atomic E-state index is 11.7. The summed E-state index contributed by atoms with van der Waals surface area (Å²) in [5, 5.41) is 26.9. The molecule has 0 radical (unpaired) electrons. The summed E-state index contributed by atoms with van der Waals surface area (Å²) in [5.74, 6) is -0.479. The zero-order valence-corrected chi connectivity index (χ0v) is 18.3. The number of phenols is 2. The topological polar surface area (TPSA) is 151 Å². The lowest BCUT2D eigenvalue weighted by Gasteiger charge is -2.06. The third-order valence-electron chi connectivity index (χ3n) is 3.84. The number of hydrogen-bond acceptors (Lipinski definition) is 9. The van der Waals surface area contributed by atoms with E-state index in [1.165, 1.54) is 24.6 Å². The van der Waals surface area contributed by atoms with Gasteiger partial charge in [-0.2, -0.15) is 10.2 Å². The molecule has 2 rings (SSSR count). The van der Waals surface area contributed by atoms with Gasteiger partial charge in [0.05, 0.1) is 25.6 Å². The minimum absolute atomic E-state index is 0.00683. The fraction of sp³-hybridized carbons (Fsp3) is 0.273. The second-order valence-corrected chi connectivity index (χ2v) is 6.40. The van der Waals surface area contributed by atoms with E-state index in [-0.39, 0.29) is 24.7 Å². The molecule has 0 unspecified atom stereocenters. The Hall–Kier alpha value is -4.12. The average molecular weight is 458 g/mol. The number of hydrazone groups is 2. The van der Waals surface area contributed by atoms with Crippen molar-refractivity contribution in [3.8, 4) is 23.0 Å². The Bertz CT molecular complexity index is 929. The number of carbonyl (C=O) groups excluding carboxylic acids is 2. The van der Waals surface area contributed by atoms with Gasteiger partial charge in [0, 0.05) is 0 Å². The van der Waals surface area contributed by atoms with E-state index < -0.39 is 11.8 Å². The first kappa shape index (κ1) is 25.1. The third kappa shape index (κ3) is 8.87. The Balaban J connectivity index is 1.70. The van der Waals surface area contributed by atoms with Gasteiger partial charge < -0.3 is 24.4 Å². The van der Waals surface area contributed by atoms with Gasteiger partial charge in [-0.25, -0.2) is 10.9 Å². The lowest BCUT2D eigenvalue weighted by atomic mass is 10.2. The summed E-state index contributed by atoms with van der Waals surface area (Å²) >= 11 is 0. The highest BCUT2D eigenvalue weighted by atomic mass is 16.5. The Morgan fingerprint density at radius 3 is 1.64 bits per heavy atom. The molecule has 2 amide bonds. The minimum Gasteiger partial charge on any atom is -0.504 e. The SMILES string of the molecule is CCOc1cc(/C=N/NC(=O)COCC(=O)N/N=C/c2ccc(O)c(OCC)c2)ccc1O. The number of ether oxygens (including phenoxy) is 3. The molecule has 0 atom stereocenters. The monoisotopic (exact) mass is 458 g/mol. The van der Waals surface area contributed by atoms with Crippen molar-refractivity contribution in [2.24, 2.45) is 10.2 Å². The molecule has 0 fully saturated rings. The molecule has 2 aromatic carbocycles. The summed E-state index contributed by atoms with van der Waals surface area (Å²) in [6.45, 7) is 3.61. The van der Waals surface area contributed by atoms with E-state index in [0.717, 1.165) is 0 Å². The number of benzene rings is 2. The van der Waals surface area contributed by atoms with Gasteiger partial charge in [0.15, 0.2) is 23.0 Å². The zero-order chi connectivity index (χ0) is 24.1. The van der Waals surface area contributed by atoms with E-state index in [0.29, 0.717) is 35.8 Å². The number of carbonyl (C=O) groups is 2. The molecule has 0 spiro atoms. The summed E-state index contributed by atoms with van der Waals surface area (Å²) < 4.78 is 15.6. The highest BCUT2D eigenvalue weighted by Crippen LogP contribution is 2.26. The molecule has 0 aliphatic heterocycles. The molecular weight excluding hydrogens is 432 g/mol. The van der Waals surface area contributed by atoms with Crippen molar-refractivity contribution >= 4 is 24.2 Å². The van der Waals surface area contributed by atoms with E-state index in [2.05, 4.69) is 21.1 Å². The standard InChI is InChI=1S/C22H26N4O7/c1-3-32-19-9-15(5-7-17(19)27)11-23-25-21(29)13-31-14-22(30)26-24-12-16-6-8-18(28)20(10-16)33-4-2/h5-12,27-28H,3-4,13-14H2,1-2H3,(H,25,29)(H,26,30)/b23-11+,24-12+. The smallest absolute Gasteiger partial charge is 0.266 e. The van der Waals surface area contributed by atoms with Crippen LogP contribution in [0.3, 0.4) is 0 Å². The van der Waals surface area contributed by atoms with Crippen molar-refractivity contribution in [1.29, 1.82) is 0 Å². The molecular formula is C22H26N4O7. The van der Waals surface area contributed by atoms with Gasteiger partial charge in [-0.3, -0.25) is 9.59 Å². The molecule has 2 aromatic rings. The van der Waals surface area contributed by atoms with Crippen LogP contribution in [0.2, 0.25) is 0 Å². The second-order valence-electron chi connectivity index (χ2n) is 6.40. The maximum absolute atomic E-state index is 11.7. The van der Waals surface area contributed by atoms with Crippen LogP contribution in [-0.4, -0.2) is 60.9 Å². The normalized spacial score (nSPS) is 11.0. The van der Waals surface area contributed by atoms with Crippen LogP contribution in [-0.2, 0) is 14.3 Å². The predicted molar refractivity (Wildman–Crippen MR) is 121 cm³/mol. The minimum atomic E-state index is -0.557. The van der Waals surface area contributed by atoms with Gasteiger partial charge in [-0.1, -0.05) is 0 Å². The summed E-state index contributed by atoms with van der Waals surface area (Å²) in [4.78, 5) is 23.5. The molecule has 33 heavy (non-hydrogen) atoms. The number of aromatic hydroxyl groups is 2. The Morgan fingerprint density at radius 1 is 0.818 bits per heavy atom. The Morgan fingerprint density at radius 2 is 1.24 bits per heavy atom. The first-order valence-electron chi connectivity index (χ1n) is 10.1. The van der Waals surface area contributed by atoms with Gasteiger partial charge in [0.1, 0.15) is 13.2 Å². The highest BCUT2D eigenvalue weighted by Gasteiger charge is 2.06. The number of rotatable bonds is 12. The summed E-state index contributed by atoms with van der Waals surface area (Å²) in [6, 6.07) is 9.27. The summed E-state index contributed by atoms with van der Waals surface area (Å²) in [7, 11) is 0. The fourth-order valence-corrected chi connectivity index (χ4v) is 2.42. The van der Waals surface area contributed by atoms with E-state index in [9.17, 15) is 19.8 Å². The first-order valence-corrected chi connectivity index (χ1v) is 10.1. The van der Waals surface area contributed by atoms with Gasteiger partial charge in [0.2, 0.25) is 0 Å². The van der Waals surface area contributed by atoms with Gasteiger partial charge in [0.25, 0.3) is 11.8 Å². The largest absolute Gasteiger partial charge is 0.504 e. The Labute approximate surface area is 190 Å². The summed E-state index contributed by atoms with van der Waals surface area (Å²) in [5.41, 5.74) is 5.74. The van der Waals surface area contributed by atoms with Crippen molar-refractivity contribution in [1.82, 2.24) is 10.9 Å². The van der Waals surface area contributed by atoms with E-state index in [1.54, 1.807) is 38.1 Å². The van der Waals surface area contributed by atoms with Crippen LogP contribution in [0.1, 0.15) is 25.0 Å². The maximum Gasteiger partial charge on any atom is 0.266 e. The second kappa shape index (κ2) is 13.3. The van der Waals surface area contributed by atoms with Crippen LogP contribution in [0.4, 0.5) is 0 Å². The van der Waals surface area contributed by atoms with Crippen molar-refractivity contribution < 1.29 is 34.0 Å². The quantitative estimate of drug-likeness (QED) is 0.278. The zero-order valence-electron chi connectivity index (χ0n) is 18.3. The lowest BCUT2D eigenvalue weighted by molar-refractivity contribution is -0.130. The van der Waals surface area contributed by atoms with Crippen LogP contribution in [0, 0.1) is 0 Å². The molecule has 11 heteroatoms. The average Bonchev–Trinajstić information content (AvgIpc) is 2.78. The number of amides is 2. The van der Waals surface area contributed by atoms with E-state index in [4.69, 9.17) is 14.2 Å². The van der Waals surface area contributed by atoms with Crippen LogP contribution in [0.15, 0.2) is 46.6 Å². The molecule has 4 N–H and O–H groups in total. The molecule has 0 aromatic heterocycles. The highest BCUT2D eigenvalue weighted by molar-refractivity contribution is 5.85. The van der Waals surface area contributed by atoms with Crippen LogP contribution in [0.25, 0.3) is 0 Å². The molecule has 0 saturated heterocycles. The number of phenolic OH excluding ortho intramolecular Hbond substituents is 2. The number of hydrogen-bond donors (Lipinski definition) is 4. The Kier molecular flexibility index (Phi) is 10.2. The van der Waals surface area contributed by atoms with Gasteiger partial charge >= 0.3 is 0 Å². The molecule has 0 saturated carbocycles. The number of nitrogens with one attached hydrogen (secondary N) is 2. The third-order valence-corrected chi connectivity index (χ3v) is 3.84. The van der Waals surface area contributed by atoms with Crippen LogP contribution >= 0.6 is 0 Å². The van der Waals surface area contributed by atoms with Crippen LogP contribution < -0.4 is 20.3 Å². The van der Waals surface area contributed by atoms with E-state index in [1.807, 2.05) is 0 Å². The van der Waals surface area contributed by atoms with Crippen LogP contribution in [0.5, 0.6) is 23.0 Å². The molecule has 176 valence electrons. The van der Waals surface area contributed by atoms with Crippen molar-refractivity contribution in [2.75, 3.05) is 26.4 Å². The summed E-state index contributed by atoms with van der Waals surface area (Å²) in [6.07, 6.45) is 2.75. The van der Waals surface area contributed by atoms with Gasteiger partial charge in [-0.15, -0.1) is 0 Å². The molecule has 11 nitrogen and oxygen atoms in total. The first-order chi connectivity index (χ1) is 15.9. The van der Waals surface area contributed by atoms with E-state index >= 15 is 0 Å². The van der Waals surface area contributed by atoms with Crippen molar-refractivity contribution in [3.05, 3.63) is 47.5 Å². The van der Waals surface area contributed by atoms with Gasteiger partial charge in [-0.05, 0) is 61.4 Å². The van der Waals surface area contributed by atoms with Crippen molar-refractivity contribution in [3.63, 3.8) is 0 Å². The lowest BCUT2D eigenvalue weighted by Crippen LogP contribution is -2.28. The van der Waals surface area contributed by atoms with Crippen molar-refractivity contribution in [2.45, 2.75) is 13.8 Å². The fourth-order valence-electron chi connectivity index (χ4n) is 2.42. The molecule has 0 aliphatic rings. The molecule has 0 aliphatic carbocycles. The number of nitrogens with zero attached hydrogens (tertiary/aromatic N) is 2. The predicted octanol–water partition coefficient (Wildman–Crippen LogP) is 1.51. The molecule has 0 heterocycles. The molecule has 0 bridgehead atoms.